The second-order valence-electron chi connectivity index (χ2n) is 5.57. The Morgan fingerprint density at radius 2 is 1.69 bits per heavy atom. The zero-order chi connectivity index (χ0) is 19.1. The van der Waals surface area contributed by atoms with Crippen LogP contribution in [-0.4, -0.2) is 25.3 Å². The number of rotatable bonds is 7. The molecule has 140 valence electrons. The van der Waals surface area contributed by atoms with Gasteiger partial charge in [0.1, 0.15) is 6.10 Å². The van der Waals surface area contributed by atoms with Gasteiger partial charge in [0.25, 0.3) is 0 Å². The highest BCUT2D eigenvalue weighted by Crippen LogP contribution is 2.34. The third-order valence-corrected chi connectivity index (χ3v) is 4.83. The van der Waals surface area contributed by atoms with Crippen molar-refractivity contribution in [3.05, 3.63) is 57.5 Å². The molecule has 0 fully saturated rings. The van der Waals surface area contributed by atoms with Crippen LogP contribution in [0.15, 0.2) is 42.5 Å². The van der Waals surface area contributed by atoms with Gasteiger partial charge in [-0.15, -0.1) is 0 Å². The Labute approximate surface area is 168 Å². The zero-order valence-electron chi connectivity index (χ0n) is 14.5. The molecule has 26 heavy (non-hydrogen) atoms. The van der Waals surface area contributed by atoms with Crippen LogP contribution in [-0.2, 0) is 4.74 Å². The minimum absolute atomic E-state index is 0.108. The standard InChI is InChI=1S/C19H20Cl3NO3/c1-3-14(12-23(4-2)13-8-6-5-7-9-13)25-19(24)26-18-11-16(21)15(20)10-17(18)22/h5-11,14H,3-4,12H2,1-2H3. The number of benzene rings is 2. The maximum absolute atomic E-state index is 12.1. The number of halogens is 3. The van der Waals surface area contributed by atoms with Crippen molar-refractivity contribution < 1.29 is 14.3 Å². The Morgan fingerprint density at radius 3 is 2.31 bits per heavy atom. The van der Waals surface area contributed by atoms with E-state index < -0.39 is 6.16 Å². The quantitative estimate of drug-likeness (QED) is 0.295. The van der Waals surface area contributed by atoms with E-state index in [-0.39, 0.29) is 26.9 Å². The van der Waals surface area contributed by atoms with E-state index in [1.807, 2.05) is 44.2 Å². The summed E-state index contributed by atoms with van der Waals surface area (Å²) in [6.07, 6.45) is -0.515. The molecule has 1 atom stereocenters. The summed E-state index contributed by atoms with van der Waals surface area (Å²) in [5, 5.41) is 0.710. The third kappa shape index (κ3) is 5.70. The predicted molar refractivity (Wildman–Crippen MR) is 107 cm³/mol. The lowest BCUT2D eigenvalue weighted by atomic mass is 10.2. The molecular formula is C19H20Cl3NO3. The molecule has 0 aromatic heterocycles. The summed E-state index contributed by atoms with van der Waals surface area (Å²) in [7, 11) is 0. The highest BCUT2D eigenvalue weighted by atomic mass is 35.5. The van der Waals surface area contributed by atoms with Gasteiger partial charge in [-0.25, -0.2) is 4.79 Å². The molecule has 2 aromatic rings. The molecule has 0 saturated carbocycles. The number of anilines is 1. The van der Waals surface area contributed by atoms with Crippen LogP contribution in [0.3, 0.4) is 0 Å². The minimum atomic E-state index is -0.832. The van der Waals surface area contributed by atoms with Crippen LogP contribution in [0.2, 0.25) is 15.1 Å². The van der Waals surface area contributed by atoms with Crippen molar-refractivity contribution in [2.24, 2.45) is 0 Å². The molecule has 7 heteroatoms. The van der Waals surface area contributed by atoms with E-state index in [1.165, 1.54) is 12.1 Å². The van der Waals surface area contributed by atoms with Gasteiger partial charge in [-0.05, 0) is 31.5 Å². The van der Waals surface area contributed by atoms with Gasteiger partial charge in [0.2, 0.25) is 0 Å². The Hall–Kier alpha value is -1.62. The molecular weight excluding hydrogens is 397 g/mol. The second kappa shape index (κ2) is 9.91. The van der Waals surface area contributed by atoms with E-state index in [4.69, 9.17) is 44.3 Å². The first-order valence-corrected chi connectivity index (χ1v) is 9.41. The third-order valence-electron chi connectivity index (χ3n) is 3.81. The summed E-state index contributed by atoms with van der Waals surface area (Å²) >= 11 is 17.8. The average molecular weight is 417 g/mol. The number of likely N-dealkylation sites (N-methyl/N-ethyl adjacent to an activating group) is 1. The number of ether oxygens (including phenoxy) is 2. The average Bonchev–Trinajstić information content (AvgIpc) is 2.63. The van der Waals surface area contributed by atoms with Gasteiger partial charge in [-0.1, -0.05) is 59.9 Å². The predicted octanol–water partition coefficient (Wildman–Crippen LogP) is 6.47. The maximum atomic E-state index is 12.1. The fourth-order valence-corrected chi connectivity index (χ4v) is 2.96. The van der Waals surface area contributed by atoms with Crippen LogP contribution in [0.5, 0.6) is 5.75 Å². The van der Waals surface area contributed by atoms with Crippen LogP contribution in [0.25, 0.3) is 0 Å². The molecule has 0 heterocycles. The number of hydrogen-bond acceptors (Lipinski definition) is 4. The highest BCUT2D eigenvalue weighted by Gasteiger charge is 2.19. The molecule has 0 amide bonds. The molecule has 4 nitrogen and oxygen atoms in total. The van der Waals surface area contributed by atoms with Crippen molar-refractivity contribution in [1.29, 1.82) is 0 Å². The highest BCUT2D eigenvalue weighted by molar-refractivity contribution is 6.43. The van der Waals surface area contributed by atoms with E-state index in [0.29, 0.717) is 13.0 Å². The topological polar surface area (TPSA) is 38.8 Å². The number of nitrogens with zero attached hydrogens (tertiary/aromatic N) is 1. The van der Waals surface area contributed by atoms with E-state index in [2.05, 4.69) is 4.90 Å². The summed E-state index contributed by atoms with van der Waals surface area (Å²) in [6, 6.07) is 12.7. The summed E-state index contributed by atoms with van der Waals surface area (Å²) < 4.78 is 10.6. The van der Waals surface area contributed by atoms with Crippen LogP contribution in [0.4, 0.5) is 10.5 Å². The number of para-hydroxylation sites is 1. The van der Waals surface area contributed by atoms with Crippen molar-refractivity contribution in [3.63, 3.8) is 0 Å². The molecule has 0 saturated heterocycles. The molecule has 0 aliphatic rings. The van der Waals surface area contributed by atoms with Gasteiger partial charge in [0.15, 0.2) is 5.75 Å². The Morgan fingerprint density at radius 1 is 1.04 bits per heavy atom. The van der Waals surface area contributed by atoms with Gasteiger partial charge in [0.05, 0.1) is 21.6 Å². The number of hydrogen-bond donors (Lipinski definition) is 0. The van der Waals surface area contributed by atoms with Gasteiger partial charge in [-0.2, -0.15) is 0 Å². The van der Waals surface area contributed by atoms with E-state index in [1.54, 1.807) is 0 Å². The van der Waals surface area contributed by atoms with Crippen LogP contribution in [0.1, 0.15) is 20.3 Å². The van der Waals surface area contributed by atoms with Gasteiger partial charge >= 0.3 is 6.16 Å². The first kappa shape index (κ1) is 20.7. The monoisotopic (exact) mass is 415 g/mol. The summed E-state index contributed by atoms with van der Waals surface area (Å²) in [5.41, 5.74) is 1.07. The molecule has 0 aliphatic heterocycles. The summed E-state index contributed by atoms with van der Waals surface area (Å²) in [4.78, 5) is 14.3. The van der Waals surface area contributed by atoms with Crippen molar-refractivity contribution in [1.82, 2.24) is 0 Å². The van der Waals surface area contributed by atoms with E-state index in [0.717, 1.165) is 12.2 Å². The molecule has 0 bridgehead atoms. The van der Waals surface area contributed by atoms with Crippen molar-refractivity contribution in [2.75, 3.05) is 18.0 Å². The lowest BCUT2D eigenvalue weighted by molar-refractivity contribution is 0.0594. The Bertz CT molecular complexity index is 740. The smallest absolute Gasteiger partial charge is 0.429 e. The van der Waals surface area contributed by atoms with Crippen molar-refractivity contribution in [3.8, 4) is 5.75 Å². The van der Waals surface area contributed by atoms with Crippen LogP contribution < -0.4 is 9.64 Å². The van der Waals surface area contributed by atoms with Gasteiger partial charge in [-0.3, -0.25) is 0 Å². The Kier molecular flexibility index (Phi) is 7.88. The normalized spacial score (nSPS) is 11.7. The molecule has 1 unspecified atom stereocenters. The van der Waals surface area contributed by atoms with Crippen LogP contribution in [0, 0.1) is 0 Å². The van der Waals surface area contributed by atoms with Gasteiger partial charge in [0, 0.05) is 18.3 Å². The molecule has 0 spiro atoms. The molecule has 2 rings (SSSR count). The van der Waals surface area contributed by atoms with Crippen LogP contribution >= 0.6 is 34.8 Å². The zero-order valence-corrected chi connectivity index (χ0v) is 16.8. The largest absolute Gasteiger partial charge is 0.514 e. The second-order valence-corrected chi connectivity index (χ2v) is 6.79. The lowest BCUT2D eigenvalue weighted by Crippen LogP contribution is -2.35. The summed E-state index contributed by atoms with van der Waals surface area (Å²) in [5.74, 6) is 0.108. The molecule has 0 aliphatic carbocycles. The van der Waals surface area contributed by atoms with E-state index >= 15 is 0 Å². The SMILES string of the molecule is CCC(CN(CC)c1ccccc1)OC(=O)Oc1cc(Cl)c(Cl)cc1Cl. The minimum Gasteiger partial charge on any atom is -0.429 e. The molecule has 0 N–H and O–H groups in total. The lowest BCUT2D eigenvalue weighted by Gasteiger charge is -2.27. The number of carbonyl (C=O) groups is 1. The molecule has 0 radical (unpaired) electrons. The fraction of sp³-hybridized carbons (Fsp3) is 0.316. The van der Waals surface area contributed by atoms with Gasteiger partial charge < -0.3 is 14.4 Å². The van der Waals surface area contributed by atoms with Crippen molar-refractivity contribution >= 4 is 46.6 Å². The van der Waals surface area contributed by atoms with Crippen molar-refractivity contribution in [2.45, 2.75) is 26.4 Å². The molecule has 2 aromatic carbocycles. The van der Waals surface area contributed by atoms with E-state index in [9.17, 15) is 4.79 Å². The number of carbonyl (C=O) groups excluding carboxylic acids is 1. The first-order valence-electron chi connectivity index (χ1n) is 8.27. The maximum Gasteiger partial charge on any atom is 0.514 e. The Balaban J connectivity index is 2.00. The first-order chi connectivity index (χ1) is 12.4. The summed E-state index contributed by atoms with van der Waals surface area (Å²) in [6.45, 7) is 5.34. The fourth-order valence-electron chi connectivity index (χ4n) is 2.38.